The first-order valence-corrected chi connectivity index (χ1v) is 7.00. The minimum atomic E-state index is 0.378. The van der Waals surface area contributed by atoms with Crippen LogP contribution in [0, 0.1) is 5.92 Å². The van der Waals surface area contributed by atoms with Crippen molar-refractivity contribution in [2.75, 3.05) is 14.2 Å². The normalized spacial score (nSPS) is 17.9. The van der Waals surface area contributed by atoms with Crippen LogP contribution in [0.2, 0.25) is 0 Å². The van der Waals surface area contributed by atoms with Gasteiger partial charge in [0.25, 0.3) is 0 Å². The smallest absolute Gasteiger partial charge is 0.141 e. The Hall–Kier alpha value is -1.09. The molecule has 3 nitrogen and oxygen atoms in total. The predicted molar refractivity (Wildman–Crippen MR) is 73.8 cm³/mol. The van der Waals surface area contributed by atoms with Crippen LogP contribution >= 0.6 is 0 Å². The topological polar surface area (TPSA) is 34.2 Å². The van der Waals surface area contributed by atoms with Crippen molar-refractivity contribution in [1.29, 1.82) is 0 Å². The molecule has 1 fully saturated rings. The molecular formula is C15H24N2O. The van der Waals surface area contributed by atoms with E-state index in [1.54, 1.807) is 13.3 Å². The molecule has 0 spiro atoms. The average molecular weight is 248 g/mol. The van der Waals surface area contributed by atoms with Crippen molar-refractivity contribution in [2.45, 2.75) is 44.6 Å². The van der Waals surface area contributed by atoms with Crippen LogP contribution < -0.4 is 10.1 Å². The maximum Gasteiger partial charge on any atom is 0.141 e. The summed E-state index contributed by atoms with van der Waals surface area (Å²) in [5.74, 6) is 1.83. The van der Waals surface area contributed by atoms with Crippen LogP contribution in [0.3, 0.4) is 0 Å². The van der Waals surface area contributed by atoms with Gasteiger partial charge in [0.2, 0.25) is 0 Å². The van der Waals surface area contributed by atoms with Crippen LogP contribution in [0.25, 0.3) is 0 Å². The summed E-state index contributed by atoms with van der Waals surface area (Å²) in [7, 11) is 3.74. The van der Waals surface area contributed by atoms with Crippen molar-refractivity contribution in [3.63, 3.8) is 0 Å². The van der Waals surface area contributed by atoms with Gasteiger partial charge in [-0.3, -0.25) is 4.98 Å². The number of nitrogens with one attached hydrogen (secondary N) is 1. The Kier molecular flexibility index (Phi) is 5.00. The van der Waals surface area contributed by atoms with Crippen molar-refractivity contribution in [3.8, 4) is 5.75 Å². The second kappa shape index (κ2) is 6.74. The molecule has 1 saturated carbocycles. The third kappa shape index (κ3) is 3.22. The van der Waals surface area contributed by atoms with Gasteiger partial charge in [-0.2, -0.15) is 0 Å². The lowest BCUT2D eigenvalue weighted by Crippen LogP contribution is -2.18. The largest absolute Gasteiger partial charge is 0.495 e. The summed E-state index contributed by atoms with van der Waals surface area (Å²) in [6.45, 7) is 0. The van der Waals surface area contributed by atoms with E-state index in [1.807, 2.05) is 13.2 Å². The van der Waals surface area contributed by atoms with Crippen molar-refractivity contribution in [2.24, 2.45) is 5.92 Å². The molecule has 0 aromatic carbocycles. The molecule has 18 heavy (non-hydrogen) atoms. The van der Waals surface area contributed by atoms with E-state index in [0.29, 0.717) is 6.04 Å². The number of aromatic nitrogens is 1. The quantitative estimate of drug-likeness (QED) is 0.838. The zero-order valence-corrected chi connectivity index (χ0v) is 11.5. The van der Waals surface area contributed by atoms with Gasteiger partial charge in [0.15, 0.2) is 0 Å². The third-order valence-electron chi connectivity index (χ3n) is 4.10. The van der Waals surface area contributed by atoms with Crippen LogP contribution in [0.1, 0.15) is 50.1 Å². The standard InChI is InChI=1S/C15H24N2O/c1-16-14(8-7-12-5-3-4-6-12)13-9-10-17-11-15(13)18-2/h9-12,14,16H,3-8H2,1-2H3. The van der Waals surface area contributed by atoms with Gasteiger partial charge in [-0.15, -0.1) is 0 Å². The van der Waals surface area contributed by atoms with Crippen molar-refractivity contribution in [1.82, 2.24) is 10.3 Å². The summed E-state index contributed by atoms with van der Waals surface area (Å²) in [4.78, 5) is 4.12. The van der Waals surface area contributed by atoms with Gasteiger partial charge in [-0.25, -0.2) is 0 Å². The van der Waals surface area contributed by atoms with Gasteiger partial charge in [-0.05, 0) is 31.9 Å². The number of hydrogen-bond donors (Lipinski definition) is 1. The Balaban J connectivity index is 1.98. The van der Waals surface area contributed by atoms with Gasteiger partial charge in [0, 0.05) is 17.8 Å². The van der Waals surface area contributed by atoms with E-state index in [2.05, 4.69) is 16.4 Å². The van der Waals surface area contributed by atoms with Gasteiger partial charge in [-0.1, -0.05) is 25.7 Å². The molecule has 0 aliphatic heterocycles. The van der Waals surface area contributed by atoms with Crippen LogP contribution in [0.4, 0.5) is 0 Å². The van der Waals surface area contributed by atoms with E-state index in [9.17, 15) is 0 Å². The first-order chi connectivity index (χ1) is 8.85. The molecule has 1 N–H and O–H groups in total. The first kappa shape index (κ1) is 13.3. The van der Waals surface area contributed by atoms with Gasteiger partial charge in [0.05, 0.1) is 13.3 Å². The summed E-state index contributed by atoms with van der Waals surface area (Å²) in [5.41, 5.74) is 1.23. The fourth-order valence-corrected chi connectivity index (χ4v) is 3.01. The summed E-state index contributed by atoms with van der Waals surface area (Å²) >= 11 is 0. The summed E-state index contributed by atoms with van der Waals surface area (Å²) in [6.07, 6.45) is 11.8. The summed E-state index contributed by atoms with van der Waals surface area (Å²) in [6, 6.07) is 2.44. The zero-order chi connectivity index (χ0) is 12.8. The molecule has 1 aromatic heterocycles. The van der Waals surface area contributed by atoms with Crippen molar-refractivity contribution < 1.29 is 4.74 Å². The highest BCUT2D eigenvalue weighted by molar-refractivity contribution is 5.32. The highest BCUT2D eigenvalue weighted by Gasteiger charge is 2.19. The molecule has 0 bridgehead atoms. The summed E-state index contributed by atoms with van der Waals surface area (Å²) in [5, 5.41) is 3.41. The van der Waals surface area contributed by atoms with Gasteiger partial charge in [0.1, 0.15) is 5.75 Å². The van der Waals surface area contributed by atoms with E-state index < -0.39 is 0 Å². The average Bonchev–Trinajstić information content (AvgIpc) is 2.93. The number of pyridine rings is 1. The van der Waals surface area contributed by atoms with E-state index in [-0.39, 0.29) is 0 Å². The molecular weight excluding hydrogens is 224 g/mol. The SMILES string of the molecule is CNC(CCC1CCCC1)c1ccncc1OC. The maximum atomic E-state index is 5.40. The number of hydrogen-bond acceptors (Lipinski definition) is 3. The first-order valence-electron chi connectivity index (χ1n) is 7.00. The molecule has 3 heteroatoms. The Morgan fingerprint density at radius 1 is 1.44 bits per heavy atom. The van der Waals surface area contributed by atoms with Gasteiger partial charge < -0.3 is 10.1 Å². The number of nitrogens with zero attached hydrogens (tertiary/aromatic N) is 1. The molecule has 1 atom stereocenters. The van der Waals surface area contributed by atoms with Crippen LogP contribution in [-0.4, -0.2) is 19.1 Å². The minimum Gasteiger partial charge on any atom is -0.495 e. The second-order valence-electron chi connectivity index (χ2n) is 5.19. The number of rotatable bonds is 6. The summed E-state index contributed by atoms with van der Waals surface area (Å²) < 4.78 is 5.40. The molecule has 0 saturated heterocycles. The second-order valence-corrected chi connectivity index (χ2v) is 5.19. The molecule has 0 radical (unpaired) electrons. The van der Waals surface area contributed by atoms with Crippen LogP contribution in [-0.2, 0) is 0 Å². The monoisotopic (exact) mass is 248 g/mol. The molecule has 1 aliphatic carbocycles. The molecule has 2 rings (SSSR count). The molecule has 1 aliphatic rings. The highest BCUT2D eigenvalue weighted by Crippen LogP contribution is 2.33. The lowest BCUT2D eigenvalue weighted by molar-refractivity contribution is 0.384. The number of ether oxygens (including phenoxy) is 1. The Morgan fingerprint density at radius 3 is 2.89 bits per heavy atom. The molecule has 1 unspecified atom stereocenters. The van der Waals surface area contributed by atoms with Crippen molar-refractivity contribution in [3.05, 3.63) is 24.0 Å². The fourth-order valence-electron chi connectivity index (χ4n) is 3.01. The molecule has 1 aromatic rings. The minimum absolute atomic E-state index is 0.378. The van der Waals surface area contributed by atoms with E-state index in [0.717, 1.165) is 11.7 Å². The predicted octanol–water partition coefficient (Wildman–Crippen LogP) is 3.32. The zero-order valence-electron chi connectivity index (χ0n) is 11.5. The Bertz CT molecular complexity index is 361. The maximum absolute atomic E-state index is 5.40. The van der Waals surface area contributed by atoms with Crippen LogP contribution in [0.5, 0.6) is 5.75 Å². The number of methoxy groups -OCH3 is 1. The van der Waals surface area contributed by atoms with E-state index in [1.165, 1.54) is 44.1 Å². The third-order valence-corrected chi connectivity index (χ3v) is 4.10. The van der Waals surface area contributed by atoms with Crippen molar-refractivity contribution >= 4 is 0 Å². The van der Waals surface area contributed by atoms with E-state index in [4.69, 9.17) is 4.74 Å². The molecule has 100 valence electrons. The molecule has 0 amide bonds. The Labute approximate surface area is 110 Å². The molecule has 1 heterocycles. The Morgan fingerprint density at radius 2 is 2.22 bits per heavy atom. The van der Waals surface area contributed by atoms with E-state index >= 15 is 0 Å². The lowest BCUT2D eigenvalue weighted by Gasteiger charge is -2.20. The fraction of sp³-hybridized carbons (Fsp3) is 0.667. The van der Waals surface area contributed by atoms with Gasteiger partial charge >= 0.3 is 0 Å². The highest BCUT2D eigenvalue weighted by atomic mass is 16.5. The van der Waals surface area contributed by atoms with Crippen LogP contribution in [0.15, 0.2) is 18.5 Å². The lowest BCUT2D eigenvalue weighted by atomic mass is 9.95.